The zero-order valence-electron chi connectivity index (χ0n) is 13.2. The molecule has 0 bridgehead atoms. The van der Waals surface area contributed by atoms with Gasteiger partial charge in [-0.3, -0.25) is 4.79 Å². The van der Waals surface area contributed by atoms with Gasteiger partial charge in [0.1, 0.15) is 5.82 Å². The normalized spacial score (nSPS) is 22.4. The zero-order valence-corrected chi connectivity index (χ0v) is 13.2. The second-order valence-corrected chi connectivity index (χ2v) is 5.86. The Morgan fingerprint density at radius 2 is 2.19 bits per heavy atom. The van der Waals surface area contributed by atoms with Crippen LogP contribution in [0.25, 0.3) is 0 Å². The van der Waals surface area contributed by atoms with Gasteiger partial charge in [-0.2, -0.15) is 0 Å². The summed E-state index contributed by atoms with van der Waals surface area (Å²) in [5, 5.41) is 3.49. The Balaban J connectivity index is 2.10. The number of rotatable bonds is 4. The van der Waals surface area contributed by atoms with Gasteiger partial charge in [0, 0.05) is 19.1 Å². The van der Waals surface area contributed by atoms with E-state index in [0.717, 1.165) is 24.9 Å². The van der Waals surface area contributed by atoms with Crippen molar-refractivity contribution in [1.82, 2.24) is 10.2 Å². The van der Waals surface area contributed by atoms with E-state index in [-0.39, 0.29) is 11.5 Å². The molecule has 1 amide bonds. The molecule has 1 N–H and O–H groups in total. The van der Waals surface area contributed by atoms with Crippen LogP contribution >= 0.6 is 0 Å². The maximum Gasteiger partial charge on any atom is 0.256 e. The largest absolute Gasteiger partial charge is 0.338 e. The lowest BCUT2D eigenvalue weighted by atomic mass is 9.89. The fourth-order valence-corrected chi connectivity index (χ4v) is 3.13. The highest BCUT2D eigenvalue weighted by atomic mass is 19.1. The second kappa shape index (κ2) is 7.03. The highest BCUT2D eigenvalue weighted by molar-refractivity contribution is 5.94. The number of benzene rings is 1. The van der Waals surface area contributed by atoms with Gasteiger partial charge in [0.25, 0.3) is 5.91 Å². The Bertz CT molecular complexity index is 504. The number of nitrogens with zero attached hydrogens (tertiary/aromatic N) is 1. The van der Waals surface area contributed by atoms with Crippen LogP contribution in [0.5, 0.6) is 0 Å². The van der Waals surface area contributed by atoms with Crippen molar-refractivity contribution in [3.05, 3.63) is 35.1 Å². The maximum atomic E-state index is 14.0. The Kier molecular flexibility index (Phi) is 5.34. The van der Waals surface area contributed by atoms with E-state index in [0.29, 0.717) is 25.0 Å². The van der Waals surface area contributed by atoms with E-state index >= 15 is 0 Å². The van der Waals surface area contributed by atoms with E-state index < -0.39 is 5.82 Å². The summed E-state index contributed by atoms with van der Waals surface area (Å²) in [7, 11) is 0. The molecular weight excluding hydrogens is 267 g/mol. The summed E-state index contributed by atoms with van der Waals surface area (Å²) in [5.74, 6) is -0.154. The van der Waals surface area contributed by atoms with Crippen LogP contribution in [-0.4, -0.2) is 36.5 Å². The number of amides is 1. The molecule has 1 saturated heterocycles. The van der Waals surface area contributed by atoms with Gasteiger partial charge in [-0.25, -0.2) is 4.39 Å². The van der Waals surface area contributed by atoms with Gasteiger partial charge < -0.3 is 10.2 Å². The summed E-state index contributed by atoms with van der Waals surface area (Å²) in [6.45, 7) is 8.43. The molecule has 1 aromatic rings. The zero-order chi connectivity index (χ0) is 15.4. The lowest BCUT2D eigenvalue weighted by molar-refractivity contribution is 0.0623. The number of aryl methyl sites for hydroxylation is 1. The van der Waals surface area contributed by atoms with Crippen molar-refractivity contribution < 1.29 is 9.18 Å². The van der Waals surface area contributed by atoms with Crippen LogP contribution in [0.1, 0.15) is 42.6 Å². The third-order valence-electron chi connectivity index (χ3n) is 4.37. The van der Waals surface area contributed by atoms with Crippen molar-refractivity contribution in [2.75, 3.05) is 19.6 Å². The van der Waals surface area contributed by atoms with Crippen molar-refractivity contribution in [3.63, 3.8) is 0 Å². The van der Waals surface area contributed by atoms with Crippen LogP contribution < -0.4 is 5.32 Å². The summed E-state index contributed by atoms with van der Waals surface area (Å²) in [6.07, 6.45) is 1.96. The van der Waals surface area contributed by atoms with Gasteiger partial charge in [-0.05, 0) is 43.5 Å². The standard InChI is InChI=1S/C17H25FN2O/c1-4-13-11-20(9-8-16(13)19-5-2)17(21)14-7-6-12(3)10-15(14)18/h6-7,10,13,16,19H,4-5,8-9,11H2,1-3H3. The van der Waals surface area contributed by atoms with Crippen LogP contribution in [0, 0.1) is 18.7 Å². The molecule has 0 spiro atoms. The first-order chi connectivity index (χ1) is 10.1. The maximum absolute atomic E-state index is 14.0. The third-order valence-corrected chi connectivity index (χ3v) is 4.37. The van der Waals surface area contributed by atoms with Crippen molar-refractivity contribution in [2.24, 2.45) is 5.92 Å². The van der Waals surface area contributed by atoms with Crippen LogP contribution in [-0.2, 0) is 0 Å². The topological polar surface area (TPSA) is 32.3 Å². The first kappa shape index (κ1) is 16.0. The number of hydrogen-bond donors (Lipinski definition) is 1. The third kappa shape index (κ3) is 3.62. The molecule has 2 unspecified atom stereocenters. The van der Waals surface area contributed by atoms with Gasteiger partial charge in [0.05, 0.1) is 5.56 Å². The number of piperidine rings is 1. The van der Waals surface area contributed by atoms with Crippen molar-refractivity contribution in [2.45, 2.75) is 39.7 Å². The monoisotopic (exact) mass is 292 g/mol. The molecule has 2 atom stereocenters. The average molecular weight is 292 g/mol. The van der Waals surface area contributed by atoms with Gasteiger partial charge in [0.2, 0.25) is 0 Å². The number of hydrogen-bond acceptors (Lipinski definition) is 2. The molecule has 116 valence electrons. The molecule has 4 heteroatoms. The van der Waals surface area contributed by atoms with Crippen LogP contribution in [0.15, 0.2) is 18.2 Å². The lowest BCUT2D eigenvalue weighted by Crippen LogP contribution is -2.51. The van der Waals surface area contributed by atoms with Gasteiger partial charge in [-0.15, -0.1) is 0 Å². The van der Waals surface area contributed by atoms with Gasteiger partial charge in [0.15, 0.2) is 0 Å². The van der Waals surface area contributed by atoms with E-state index in [1.807, 2.05) is 6.92 Å². The summed E-state index contributed by atoms with van der Waals surface area (Å²) >= 11 is 0. The average Bonchev–Trinajstić information content (AvgIpc) is 2.47. The molecule has 0 radical (unpaired) electrons. The Labute approximate surface area is 126 Å². The second-order valence-electron chi connectivity index (χ2n) is 5.86. The van der Waals surface area contributed by atoms with Crippen LogP contribution in [0.2, 0.25) is 0 Å². The molecule has 0 aliphatic carbocycles. The molecule has 21 heavy (non-hydrogen) atoms. The van der Waals surface area contributed by atoms with E-state index in [2.05, 4.69) is 19.2 Å². The minimum Gasteiger partial charge on any atom is -0.338 e. The molecule has 1 fully saturated rings. The molecule has 1 aromatic carbocycles. The molecule has 1 aliphatic rings. The molecule has 1 aliphatic heterocycles. The fraction of sp³-hybridized carbons (Fsp3) is 0.588. The summed E-state index contributed by atoms with van der Waals surface area (Å²) in [6, 6.07) is 5.28. The van der Waals surface area contributed by atoms with Crippen molar-refractivity contribution in [3.8, 4) is 0 Å². The van der Waals surface area contributed by atoms with E-state index in [4.69, 9.17) is 0 Å². The number of carbonyl (C=O) groups excluding carboxylic acids is 1. The van der Waals surface area contributed by atoms with Crippen LogP contribution in [0.4, 0.5) is 4.39 Å². The number of nitrogens with one attached hydrogen (secondary N) is 1. The predicted molar refractivity (Wildman–Crippen MR) is 82.9 cm³/mol. The van der Waals surface area contributed by atoms with Gasteiger partial charge in [-0.1, -0.05) is 26.3 Å². The van der Waals surface area contributed by atoms with E-state index in [1.165, 1.54) is 6.07 Å². The molecular formula is C17H25FN2O. The summed E-state index contributed by atoms with van der Waals surface area (Å²) in [5.41, 5.74) is 1.03. The van der Waals surface area contributed by atoms with E-state index in [9.17, 15) is 9.18 Å². The Morgan fingerprint density at radius 1 is 1.43 bits per heavy atom. The number of carbonyl (C=O) groups is 1. The summed E-state index contributed by atoms with van der Waals surface area (Å²) < 4.78 is 14.0. The Hall–Kier alpha value is -1.42. The SMILES string of the molecule is CCNC1CCN(C(=O)c2ccc(C)cc2F)CC1CC. The predicted octanol–water partition coefficient (Wildman–Crippen LogP) is 2.98. The highest BCUT2D eigenvalue weighted by Gasteiger charge is 2.31. The van der Waals surface area contributed by atoms with E-state index in [1.54, 1.807) is 17.0 Å². The minimum absolute atomic E-state index is 0.180. The minimum atomic E-state index is -0.415. The number of halogens is 1. The highest BCUT2D eigenvalue weighted by Crippen LogP contribution is 2.22. The quantitative estimate of drug-likeness (QED) is 0.925. The van der Waals surface area contributed by atoms with Crippen molar-refractivity contribution >= 4 is 5.91 Å². The molecule has 2 rings (SSSR count). The number of likely N-dealkylation sites (tertiary alicyclic amines) is 1. The molecule has 3 nitrogen and oxygen atoms in total. The molecule has 0 aromatic heterocycles. The summed E-state index contributed by atoms with van der Waals surface area (Å²) in [4.78, 5) is 14.3. The molecule has 1 heterocycles. The lowest BCUT2D eigenvalue weighted by Gasteiger charge is -2.38. The smallest absolute Gasteiger partial charge is 0.256 e. The fourth-order valence-electron chi connectivity index (χ4n) is 3.13. The molecule has 0 saturated carbocycles. The van der Waals surface area contributed by atoms with Crippen LogP contribution in [0.3, 0.4) is 0 Å². The Morgan fingerprint density at radius 3 is 2.81 bits per heavy atom. The first-order valence-corrected chi connectivity index (χ1v) is 7.85. The first-order valence-electron chi connectivity index (χ1n) is 7.85. The van der Waals surface area contributed by atoms with Gasteiger partial charge >= 0.3 is 0 Å². The van der Waals surface area contributed by atoms with Crippen molar-refractivity contribution in [1.29, 1.82) is 0 Å².